The Kier molecular flexibility index (Phi) is 7.70. The lowest BCUT2D eigenvalue weighted by Gasteiger charge is -2.12. The Hall–Kier alpha value is -3.66. The lowest BCUT2D eigenvalue weighted by Crippen LogP contribution is -2.13. The van der Waals surface area contributed by atoms with E-state index < -0.39 is 0 Å². The SMILES string of the molecule is CC(CC(=N)CCc1ccccc1)Cn1cc(-c2ccccc2)c(OCc2ccccc2)n1. The van der Waals surface area contributed by atoms with Gasteiger partial charge in [-0.05, 0) is 41.9 Å². The van der Waals surface area contributed by atoms with E-state index in [1.165, 1.54) is 5.56 Å². The van der Waals surface area contributed by atoms with Crippen LogP contribution >= 0.6 is 0 Å². The van der Waals surface area contributed by atoms with Crippen molar-refractivity contribution in [2.24, 2.45) is 5.92 Å². The van der Waals surface area contributed by atoms with Gasteiger partial charge in [0.25, 0.3) is 0 Å². The minimum Gasteiger partial charge on any atom is -0.471 e. The van der Waals surface area contributed by atoms with Gasteiger partial charge in [0.15, 0.2) is 0 Å². The maximum Gasteiger partial charge on any atom is 0.241 e. The molecule has 1 unspecified atom stereocenters. The fourth-order valence-electron chi connectivity index (χ4n) is 3.99. The molecule has 1 aromatic heterocycles. The van der Waals surface area contributed by atoms with Gasteiger partial charge in [-0.1, -0.05) is 97.9 Å². The van der Waals surface area contributed by atoms with Gasteiger partial charge < -0.3 is 10.1 Å². The zero-order valence-corrected chi connectivity index (χ0v) is 19.2. The van der Waals surface area contributed by atoms with Gasteiger partial charge in [0.2, 0.25) is 5.88 Å². The van der Waals surface area contributed by atoms with Crippen LogP contribution in [-0.4, -0.2) is 15.5 Å². The Labute approximate surface area is 196 Å². The third-order valence-electron chi connectivity index (χ3n) is 5.68. The lowest BCUT2D eigenvalue weighted by molar-refractivity contribution is 0.288. The van der Waals surface area contributed by atoms with Gasteiger partial charge in [0.1, 0.15) is 6.61 Å². The van der Waals surface area contributed by atoms with Gasteiger partial charge >= 0.3 is 0 Å². The van der Waals surface area contributed by atoms with Gasteiger partial charge in [0.05, 0.1) is 5.56 Å². The van der Waals surface area contributed by atoms with Crippen molar-refractivity contribution in [3.05, 3.63) is 108 Å². The summed E-state index contributed by atoms with van der Waals surface area (Å²) in [6.45, 7) is 3.42. The van der Waals surface area contributed by atoms with E-state index in [1.807, 2.05) is 47.1 Å². The Bertz CT molecular complexity index is 1140. The minimum atomic E-state index is 0.318. The van der Waals surface area contributed by atoms with Crippen molar-refractivity contribution in [1.29, 1.82) is 5.41 Å². The molecule has 0 aliphatic rings. The predicted molar refractivity (Wildman–Crippen MR) is 135 cm³/mol. The molecule has 4 nitrogen and oxygen atoms in total. The largest absolute Gasteiger partial charge is 0.471 e. The van der Waals surface area contributed by atoms with Crippen LogP contribution in [0, 0.1) is 11.3 Å². The summed E-state index contributed by atoms with van der Waals surface area (Å²) >= 11 is 0. The van der Waals surface area contributed by atoms with Crippen LogP contribution < -0.4 is 4.74 Å². The van der Waals surface area contributed by atoms with E-state index in [1.54, 1.807) is 0 Å². The molecule has 168 valence electrons. The molecule has 4 rings (SSSR count). The number of benzene rings is 3. The van der Waals surface area contributed by atoms with Crippen molar-refractivity contribution in [1.82, 2.24) is 9.78 Å². The van der Waals surface area contributed by atoms with Crippen LogP contribution in [0.1, 0.15) is 30.9 Å². The molecule has 0 aliphatic carbocycles. The summed E-state index contributed by atoms with van der Waals surface area (Å²) in [7, 11) is 0. The fraction of sp³-hybridized carbons (Fsp3) is 0.241. The predicted octanol–water partition coefficient (Wildman–Crippen LogP) is 6.81. The molecule has 1 N–H and O–H groups in total. The average Bonchev–Trinajstić information content (AvgIpc) is 3.25. The number of nitrogens with zero attached hydrogens (tertiary/aromatic N) is 2. The Morgan fingerprint density at radius 3 is 2.15 bits per heavy atom. The van der Waals surface area contributed by atoms with Crippen LogP contribution in [0.5, 0.6) is 5.88 Å². The van der Waals surface area contributed by atoms with Gasteiger partial charge in [-0.2, -0.15) is 0 Å². The standard InChI is InChI=1S/C29H31N3O/c1-23(19-27(30)18-17-24-11-5-2-6-12-24)20-32-21-28(26-15-9-4-10-16-26)29(31-32)33-22-25-13-7-3-8-14-25/h2-16,21,23,30H,17-20,22H2,1H3. The highest BCUT2D eigenvalue weighted by Crippen LogP contribution is 2.30. The third-order valence-corrected chi connectivity index (χ3v) is 5.68. The Balaban J connectivity index is 1.40. The molecule has 1 heterocycles. The Morgan fingerprint density at radius 1 is 0.879 bits per heavy atom. The van der Waals surface area contributed by atoms with Crippen LogP contribution in [-0.2, 0) is 19.6 Å². The highest BCUT2D eigenvalue weighted by molar-refractivity contribution is 5.81. The van der Waals surface area contributed by atoms with Gasteiger partial charge in [0, 0.05) is 18.5 Å². The molecule has 3 aromatic carbocycles. The first-order valence-electron chi connectivity index (χ1n) is 11.6. The summed E-state index contributed by atoms with van der Waals surface area (Å²) in [5, 5.41) is 13.2. The topological polar surface area (TPSA) is 50.9 Å². The van der Waals surface area contributed by atoms with E-state index in [9.17, 15) is 0 Å². The maximum absolute atomic E-state index is 8.42. The van der Waals surface area contributed by atoms with E-state index in [2.05, 4.69) is 61.7 Å². The van der Waals surface area contributed by atoms with Crippen molar-refractivity contribution in [2.75, 3.05) is 0 Å². The molecule has 0 radical (unpaired) electrons. The number of hydrogen-bond donors (Lipinski definition) is 1. The lowest BCUT2D eigenvalue weighted by atomic mass is 9.99. The number of hydrogen-bond acceptors (Lipinski definition) is 3. The zero-order valence-electron chi connectivity index (χ0n) is 19.2. The van der Waals surface area contributed by atoms with Gasteiger partial charge in [-0.15, -0.1) is 5.10 Å². The van der Waals surface area contributed by atoms with E-state index in [0.717, 1.165) is 48.2 Å². The van der Waals surface area contributed by atoms with Crippen LogP contribution in [0.25, 0.3) is 11.1 Å². The molecule has 1 atom stereocenters. The second-order valence-corrected chi connectivity index (χ2v) is 8.61. The molecule has 0 aliphatic heterocycles. The first-order valence-corrected chi connectivity index (χ1v) is 11.6. The third kappa shape index (κ3) is 6.66. The highest BCUT2D eigenvalue weighted by Gasteiger charge is 2.15. The monoisotopic (exact) mass is 437 g/mol. The van der Waals surface area contributed by atoms with Crippen molar-refractivity contribution < 1.29 is 4.74 Å². The molecule has 0 bridgehead atoms. The van der Waals surface area contributed by atoms with Crippen molar-refractivity contribution >= 4 is 5.71 Å². The number of nitrogens with one attached hydrogen (secondary N) is 1. The molecule has 0 fully saturated rings. The number of aromatic nitrogens is 2. The summed E-state index contributed by atoms with van der Waals surface area (Å²) in [6.07, 6.45) is 4.56. The van der Waals surface area contributed by atoms with Crippen molar-refractivity contribution in [3.63, 3.8) is 0 Å². The highest BCUT2D eigenvalue weighted by atomic mass is 16.5. The second kappa shape index (κ2) is 11.3. The van der Waals surface area contributed by atoms with Crippen LogP contribution in [0.15, 0.2) is 97.2 Å². The van der Waals surface area contributed by atoms with Crippen LogP contribution in [0.3, 0.4) is 0 Å². The molecule has 0 saturated carbocycles. The summed E-state index contributed by atoms with van der Waals surface area (Å²) in [6, 6.07) is 30.8. The van der Waals surface area contributed by atoms with Crippen molar-refractivity contribution in [3.8, 4) is 17.0 Å². The summed E-state index contributed by atoms with van der Waals surface area (Å²) < 4.78 is 8.10. The first kappa shape index (κ1) is 22.5. The average molecular weight is 438 g/mol. The molecule has 0 spiro atoms. The summed E-state index contributed by atoms with van der Waals surface area (Å²) in [5.74, 6) is 0.968. The Morgan fingerprint density at radius 2 is 1.48 bits per heavy atom. The fourth-order valence-corrected chi connectivity index (χ4v) is 3.99. The number of rotatable bonds is 11. The quantitative estimate of drug-likeness (QED) is 0.262. The van der Waals surface area contributed by atoms with E-state index in [4.69, 9.17) is 15.2 Å². The summed E-state index contributed by atoms with van der Waals surface area (Å²) in [5.41, 5.74) is 5.29. The van der Waals surface area contributed by atoms with Gasteiger partial charge in [-0.3, -0.25) is 4.68 Å². The second-order valence-electron chi connectivity index (χ2n) is 8.61. The molecule has 4 heteroatoms. The minimum absolute atomic E-state index is 0.318. The first-order chi connectivity index (χ1) is 16.2. The smallest absolute Gasteiger partial charge is 0.241 e. The molecular weight excluding hydrogens is 406 g/mol. The van der Waals surface area contributed by atoms with Crippen molar-refractivity contribution in [2.45, 2.75) is 39.3 Å². The van der Waals surface area contributed by atoms with E-state index >= 15 is 0 Å². The number of aryl methyl sites for hydroxylation is 1. The normalized spacial score (nSPS) is 11.8. The molecule has 33 heavy (non-hydrogen) atoms. The number of ether oxygens (including phenoxy) is 1. The van der Waals surface area contributed by atoms with Gasteiger partial charge in [-0.25, -0.2) is 0 Å². The van der Waals surface area contributed by atoms with Crippen LogP contribution in [0.2, 0.25) is 0 Å². The van der Waals surface area contributed by atoms with E-state index in [-0.39, 0.29) is 0 Å². The molecule has 4 aromatic rings. The zero-order chi connectivity index (χ0) is 22.9. The molecule has 0 saturated heterocycles. The molecular formula is C29H31N3O. The summed E-state index contributed by atoms with van der Waals surface area (Å²) in [4.78, 5) is 0. The molecule has 0 amide bonds. The van der Waals surface area contributed by atoms with E-state index in [0.29, 0.717) is 18.4 Å². The van der Waals surface area contributed by atoms with Crippen LogP contribution in [0.4, 0.5) is 0 Å². The maximum atomic E-state index is 8.42.